The summed E-state index contributed by atoms with van der Waals surface area (Å²) in [5, 5.41) is 2.86. The molecule has 1 nitrogen and oxygen atoms in total. The standard InChI is InChI=1S/C7H14FN/c1-6(2)5-9-7(3)4-8/h6,9H,3-5H2,1-2H3. The lowest BCUT2D eigenvalue weighted by Gasteiger charge is -2.07. The SMILES string of the molecule is C=C(CF)NCC(C)C. The fourth-order valence-corrected chi connectivity index (χ4v) is 0.396. The molecule has 0 saturated carbocycles. The van der Waals surface area contributed by atoms with Crippen molar-refractivity contribution >= 4 is 0 Å². The Morgan fingerprint density at radius 1 is 1.67 bits per heavy atom. The number of hydrogen-bond acceptors (Lipinski definition) is 1. The van der Waals surface area contributed by atoms with Crippen molar-refractivity contribution in [2.45, 2.75) is 13.8 Å². The molecule has 0 fully saturated rings. The minimum Gasteiger partial charge on any atom is -0.386 e. The van der Waals surface area contributed by atoms with Crippen LogP contribution in [0, 0.1) is 5.92 Å². The van der Waals surface area contributed by atoms with Crippen molar-refractivity contribution in [1.82, 2.24) is 5.32 Å². The maximum atomic E-state index is 11.7. The predicted molar refractivity (Wildman–Crippen MR) is 38.0 cm³/mol. The smallest absolute Gasteiger partial charge is 0.128 e. The van der Waals surface area contributed by atoms with E-state index < -0.39 is 6.67 Å². The van der Waals surface area contributed by atoms with Crippen molar-refractivity contribution in [3.05, 3.63) is 12.3 Å². The summed E-state index contributed by atoms with van der Waals surface area (Å²) < 4.78 is 11.7. The first kappa shape index (κ1) is 8.47. The normalized spacial score (nSPS) is 9.78. The minimum atomic E-state index is -0.466. The molecule has 0 aromatic rings. The fourth-order valence-electron chi connectivity index (χ4n) is 0.396. The molecule has 0 saturated heterocycles. The molecule has 0 aromatic carbocycles. The number of halogens is 1. The fraction of sp³-hybridized carbons (Fsp3) is 0.714. The molecule has 0 aliphatic heterocycles. The van der Waals surface area contributed by atoms with Gasteiger partial charge in [-0.3, -0.25) is 0 Å². The third-order valence-electron chi connectivity index (χ3n) is 0.922. The first-order valence-corrected chi connectivity index (χ1v) is 3.14. The van der Waals surface area contributed by atoms with E-state index in [1.54, 1.807) is 0 Å². The number of allylic oxidation sites excluding steroid dienone is 1. The van der Waals surface area contributed by atoms with Crippen LogP contribution in [-0.4, -0.2) is 13.2 Å². The molecule has 0 aliphatic carbocycles. The van der Waals surface area contributed by atoms with Gasteiger partial charge in [-0.1, -0.05) is 20.4 Å². The summed E-state index contributed by atoms with van der Waals surface area (Å²) in [7, 11) is 0. The van der Waals surface area contributed by atoms with Crippen molar-refractivity contribution in [2.24, 2.45) is 5.92 Å². The van der Waals surface area contributed by atoms with Crippen LogP contribution in [0.5, 0.6) is 0 Å². The van der Waals surface area contributed by atoms with Gasteiger partial charge < -0.3 is 5.32 Å². The Morgan fingerprint density at radius 3 is 2.56 bits per heavy atom. The third-order valence-corrected chi connectivity index (χ3v) is 0.922. The van der Waals surface area contributed by atoms with Crippen LogP contribution in [0.15, 0.2) is 12.3 Å². The lowest BCUT2D eigenvalue weighted by Crippen LogP contribution is -2.19. The molecule has 0 aliphatic rings. The zero-order valence-corrected chi connectivity index (χ0v) is 6.08. The van der Waals surface area contributed by atoms with Crippen LogP contribution in [-0.2, 0) is 0 Å². The summed E-state index contributed by atoms with van der Waals surface area (Å²) in [6.07, 6.45) is 0. The molecule has 0 amide bonds. The highest BCUT2D eigenvalue weighted by atomic mass is 19.1. The van der Waals surface area contributed by atoms with Crippen LogP contribution >= 0.6 is 0 Å². The van der Waals surface area contributed by atoms with Crippen molar-refractivity contribution in [3.63, 3.8) is 0 Å². The molecule has 54 valence electrons. The van der Waals surface area contributed by atoms with Crippen LogP contribution in [0.25, 0.3) is 0 Å². The number of nitrogens with one attached hydrogen (secondary N) is 1. The van der Waals surface area contributed by atoms with Gasteiger partial charge in [-0.25, -0.2) is 4.39 Å². The summed E-state index contributed by atoms with van der Waals surface area (Å²) >= 11 is 0. The minimum absolute atomic E-state index is 0.466. The van der Waals surface area contributed by atoms with Crippen molar-refractivity contribution in [1.29, 1.82) is 0 Å². The second-order valence-corrected chi connectivity index (χ2v) is 2.51. The number of rotatable bonds is 4. The molecule has 0 atom stereocenters. The van der Waals surface area contributed by atoms with Gasteiger partial charge in [-0.05, 0) is 5.92 Å². The van der Waals surface area contributed by atoms with E-state index in [0.29, 0.717) is 11.6 Å². The summed E-state index contributed by atoms with van der Waals surface area (Å²) in [5.74, 6) is 0.549. The van der Waals surface area contributed by atoms with Gasteiger partial charge in [0.1, 0.15) is 6.67 Å². The van der Waals surface area contributed by atoms with Crippen molar-refractivity contribution in [3.8, 4) is 0 Å². The maximum Gasteiger partial charge on any atom is 0.128 e. The van der Waals surface area contributed by atoms with Gasteiger partial charge in [0.2, 0.25) is 0 Å². The van der Waals surface area contributed by atoms with Crippen LogP contribution in [0.3, 0.4) is 0 Å². The van der Waals surface area contributed by atoms with Gasteiger partial charge in [-0.15, -0.1) is 0 Å². The topological polar surface area (TPSA) is 12.0 Å². The molecule has 9 heavy (non-hydrogen) atoms. The molecule has 0 bridgehead atoms. The average Bonchev–Trinajstić information content (AvgIpc) is 1.83. The first-order chi connectivity index (χ1) is 4.16. The Balaban J connectivity index is 3.17. The van der Waals surface area contributed by atoms with E-state index in [-0.39, 0.29) is 0 Å². The first-order valence-electron chi connectivity index (χ1n) is 3.14. The van der Waals surface area contributed by atoms with Gasteiger partial charge in [-0.2, -0.15) is 0 Å². The Morgan fingerprint density at radius 2 is 2.22 bits per heavy atom. The molecule has 0 aromatic heterocycles. The van der Waals surface area contributed by atoms with E-state index >= 15 is 0 Å². The summed E-state index contributed by atoms with van der Waals surface area (Å²) in [6.45, 7) is 7.94. The van der Waals surface area contributed by atoms with E-state index in [2.05, 4.69) is 25.7 Å². The van der Waals surface area contributed by atoms with Gasteiger partial charge >= 0.3 is 0 Å². The van der Waals surface area contributed by atoms with Crippen LogP contribution < -0.4 is 5.32 Å². The predicted octanol–water partition coefficient (Wildman–Crippen LogP) is 1.72. The third kappa shape index (κ3) is 5.34. The van der Waals surface area contributed by atoms with E-state index in [0.717, 1.165) is 6.54 Å². The van der Waals surface area contributed by atoms with Crippen LogP contribution in [0.1, 0.15) is 13.8 Å². The summed E-state index contributed by atoms with van der Waals surface area (Å²) in [6, 6.07) is 0. The van der Waals surface area contributed by atoms with Gasteiger partial charge in [0.15, 0.2) is 0 Å². The van der Waals surface area contributed by atoms with Crippen LogP contribution in [0.2, 0.25) is 0 Å². The van der Waals surface area contributed by atoms with Crippen LogP contribution in [0.4, 0.5) is 4.39 Å². The zero-order valence-electron chi connectivity index (χ0n) is 6.08. The maximum absolute atomic E-state index is 11.7. The summed E-state index contributed by atoms with van der Waals surface area (Å²) in [5.41, 5.74) is 0.476. The molecular weight excluding hydrogens is 117 g/mol. The lowest BCUT2D eigenvalue weighted by molar-refractivity contribution is 0.500. The second kappa shape index (κ2) is 4.36. The highest BCUT2D eigenvalue weighted by molar-refractivity contribution is 4.90. The Kier molecular flexibility index (Phi) is 4.10. The Bertz CT molecular complexity index is 88.9. The van der Waals surface area contributed by atoms with Gasteiger partial charge in [0, 0.05) is 12.2 Å². The monoisotopic (exact) mass is 131 g/mol. The highest BCUT2D eigenvalue weighted by Gasteiger charge is 1.93. The zero-order chi connectivity index (χ0) is 7.28. The highest BCUT2D eigenvalue weighted by Crippen LogP contribution is 1.90. The Labute approximate surface area is 56.0 Å². The second-order valence-electron chi connectivity index (χ2n) is 2.51. The average molecular weight is 131 g/mol. The Hall–Kier alpha value is -0.530. The molecule has 0 radical (unpaired) electrons. The van der Waals surface area contributed by atoms with Crippen molar-refractivity contribution in [2.75, 3.05) is 13.2 Å². The quantitative estimate of drug-likeness (QED) is 0.612. The molecule has 0 rings (SSSR count). The molecular formula is C7H14FN. The number of alkyl halides is 1. The van der Waals surface area contributed by atoms with E-state index in [4.69, 9.17) is 0 Å². The molecule has 0 unspecified atom stereocenters. The van der Waals surface area contributed by atoms with Gasteiger partial charge in [0.05, 0.1) is 0 Å². The molecule has 0 spiro atoms. The molecule has 0 heterocycles. The molecule has 2 heteroatoms. The lowest BCUT2D eigenvalue weighted by atomic mass is 10.2. The van der Waals surface area contributed by atoms with E-state index in [1.165, 1.54) is 0 Å². The van der Waals surface area contributed by atoms with Crippen molar-refractivity contribution < 1.29 is 4.39 Å². The van der Waals surface area contributed by atoms with E-state index in [9.17, 15) is 4.39 Å². The van der Waals surface area contributed by atoms with E-state index in [1.807, 2.05) is 0 Å². The van der Waals surface area contributed by atoms with Gasteiger partial charge in [0.25, 0.3) is 0 Å². The molecule has 1 N–H and O–H groups in total. The summed E-state index contributed by atoms with van der Waals surface area (Å²) in [4.78, 5) is 0. The number of hydrogen-bond donors (Lipinski definition) is 1. The largest absolute Gasteiger partial charge is 0.386 e.